The first-order valence-electron chi connectivity index (χ1n) is 11.1. The van der Waals surface area contributed by atoms with Crippen LogP contribution in [0, 0.1) is 0 Å². The molecule has 3 aliphatic rings. The number of nitrogens with zero attached hydrogens (tertiary/aromatic N) is 4. The van der Waals surface area contributed by atoms with Crippen LogP contribution in [-0.4, -0.2) is 95.5 Å². The van der Waals surface area contributed by atoms with Crippen LogP contribution >= 0.6 is 0 Å². The Morgan fingerprint density at radius 1 is 0.939 bits per heavy atom. The highest BCUT2D eigenvalue weighted by Crippen LogP contribution is 2.26. The van der Waals surface area contributed by atoms with Crippen LogP contribution in [0.2, 0.25) is 0 Å². The van der Waals surface area contributed by atoms with Crippen molar-refractivity contribution in [3.8, 4) is 0 Å². The summed E-state index contributed by atoms with van der Waals surface area (Å²) in [5.41, 5.74) is 10.5. The smallest absolute Gasteiger partial charge is 0.270 e. The molecule has 33 heavy (non-hydrogen) atoms. The molecule has 4 amide bonds. The van der Waals surface area contributed by atoms with Gasteiger partial charge in [0, 0.05) is 32.3 Å². The minimum absolute atomic E-state index is 0.0690. The van der Waals surface area contributed by atoms with Gasteiger partial charge in [-0.25, -0.2) is 5.01 Å². The number of aromatic nitrogens is 2. The molecule has 4 rings (SSSR count). The molecule has 1 aromatic rings. The predicted molar refractivity (Wildman–Crippen MR) is 113 cm³/mol. The Bertz CT molecular complexity index is 934. The van der Waals surface area contributed by atoms with Crippen molar-refractivity contribution < 1.29 is 28.7 Å². The molecule has 3 saturated heterocycles. The highest BCUT2D eigenvalue weighted by Gasteiger charge is 2.35. The number of carbonyl (C=O) groups is 4. The van der Waals surface area contributed by atoms with E-state index in [0.29, 0.717) is 65.1 Å². The third-order valence-corrected chi connectivity index (χ3v) is 6.25. The van der Waals surface area contributed by atoms with Crippen molar-refractivity contribution in [2.24, 2.45) is 11.5 Å². The monoisotopic (exact) mass is 463 g/mol. The van der Waals surface area contributed by atoms with Crippen molar-refractivity contribution in [2.45, 2.75) is 37.8 Å². The number of nitrogens with one attached hydrogen (secondary N) is 1. The van der Waals surface area contributed by atoms with Crippen LogP contribution < -0.4 is 16.8 Å². The predicted octanol–water partition coefficient (Wildman–Crippen LogP) is -1.60. The van der Waals surface area contributed by atoms with Gasteiger partial charge in [-0.2, -0.15) is 5.10 Å². The fourth-order valence-corrected chi connectivity index (χ4v) is 4.57. The van der Waals surface area contributed by atoms with E-state index in [-0.39, 0.29) is 41.5 Å². The summed E-state index contributed by atoms with van der Waals surface area (Å²) in [5, 5.41) is 10.7. The normalized spacial score (nSPS) is 21.2. The van der Waals surface area contributed by atoms with Gasteiger partial charge in [-0.05, 0) is 25.7 Å². The highest BCUT2D eigenvalue weighted by atomic mass is 16.5. The number of piperidine rings is 1. The van der Waals surface area contributed by atoms with E-state index in [0.717, 1.165) is 0 Å². The average Bonchev–Trinajstić information content (AvgIpc) is 3.22. The maximum Gasteiger partial charge on any atom is 0.270 e. The van der Waals surface area contributed by atoms with Crippen molar-refractivity contribution in [1.29, 1.82) is 0 Å². The SMILES string of the molecule is NC(=O)c1nn(C2CCOCC2)c(C(N)=O)c1C(=O)NC1CCN(N2CCOCC2=O)CC1. The van der Waals surface area contributed by atoms with E-state index in [9.17, 15) is 19.2 Å². The van der Waals surface area contributed by atoms with Gasteiger partial charge >= 0.3 is 0 Å². The summed E-state index contributed by atoms with van der Waals surface area (Å²) in [7, 11) is 0. The van der Waals surface area contributed by atoms with Gasteiger partial charge in [-0.3, -0.25) is 28.9 Å². The van der Waals surface area contributed by atoms with E-state index in [1.54, 1.807) is 5.01 Å². The van der Waals surface area contributed by atoms with Gasteiger partial charge in [-0.1, -0.05) is 0 Å². The number of morpholine rings is 1. The number of nitrogens with two attached hydrogens (primary N) is 2. The largest absolute Gasteiger partial charge is 0.381 e. The maximum atomic E-state index is 13.2. The zero-order valence-corrected chi connectivity index (χ0v) is 18.3. The first-order chi connectivity index (χ1) is 15.9. The molecule has 0 spiro atoms. The Morgan fingerprint density at radius 2 is 1.64 bits per heavy atom. The second kappa shape index (κ2) is 9.85. The summed E-state index contributed by atoms with van der Waals surface area (Å²) >= 11 is 0. The zero-order valence-electron chi connectivity index (χ0n) is 18.3. The number of ether oxygens (including phenoxy) is 2. The van der Waals surface area contributed by atoms with Crippen molar-refractivity contribution in [1.82, 2.24) is 25.1 Å². The fraction of sp³-hybridized carbons (Fsp3) is 0.650. The number of hydrazine groups is 1. The first kappa shape index (κ1) is 23.1. The lowest BCUT2D eigenvalue weighted by atomic mass is 10.0. The van der Waals surface area contributed by atoms with Gasteiger partial charge in [0.1, 0.15) is 17.9 Å². The molecular formula is C20H29N7O6. The molecule has 180 valence electrons. The van der Waals surface area contributed by atoms with Crippen LogP contribution in [0.4, 0.5) is 0 Å². The van der Waals surface area contributed by atoms with Gasteiger partial charge in [0.2, 0.25) is 0 Å². The second-order valence-electron chi connectivity index (χ2n) is 8.36. The Morgan fingerprint density at radius 3 is 2.24 bits per heavy atom. The molecule has 0 atom stereocenters. The lowest BCUT2D eigenvalue weighted by molar-refractivity contribution is -0.167. The molecule has 3 fully saturated rings. The lowest BCUT2D eigenvalue weighted by Crippen LogP contribution is -2.56. The van der Waals surface area contributed by atoms with E-state index in [1.807, 2.05) is 5.01 Å². The van der Waals surface area contributed by atoms with Crippen molar-refractivity contribution in [2.75, 3.05) is 46.1 Å². The molecule has 0 saturated carbocycles. The van der Waals surface area contributed by atoms with Crippen LogP contribution in [0.3, 0.4) is 0 Å². The summed E-state index contributed by atoms with van der Waals surface area (Å²) in [6.45, 7) is 3.16. The van der Waals surface area contributed by atoms with Crippen molar-refractivity contribution >= 4 is 23.6 Å². The number of rotatable bonds is 6. The molecule has 0 unspecified atom stereocenters. The Balaban J connectivity index is 1.49. The zero-order chi connectivity index (χ0) is 23.5. The first-order valence-corrected chi connectivity index (χ1v) is 11.1. The number of primary amides is 2. The summed E-state index contributed by atoms with van der Waals surface area (Å²) in [5.74, 6) is -2.46. The Kier molecular flexibility index (Phi) is 6.91. The molecule has 4 heterocycles. The van der Waals surface area contributed by atoms with E-state index in [4.69, 9.17) is 20.9 Å². The quantitative estimate of drug-likeness (QED) is 0.452. The summed E-state index contributed by atoms with van der Waals surface area (Å²) in [6.07, 6.45) is 2.31. The standard InChI is InChI=1S/C20H29N7O6/c21-18(29)16-15(17(19(22)30)27(24-16)13-3-8-32-9-4-13)20(31)23-12-1-5-25(6-2-12)26-7-10-33-11-14(26)28/h12-13H,1-11H2,(H2,21,29)(H2,22,30)(H,23,31). The molecule has 0 bridgehead atoms. The molecule has 0 radical (unpaired) electrons. The molecule has 0 aromatic carbocycles. The van der Waals surface area contributed by atoms with Crippen LogP contribution in [0.1, 0.15) is 63.1 Å². The van der Waals surface area contributed by atoms with E-state index in [1.165, 1.54) is 4.68 Å². The third-order valence-electron chi connectivity index (χ3n) is 6.25. The van der Waals surface area contributed by atoms with E-state index in [2.05, 4.69) is 10.4 Å². The van der Waals surface area contributed by atoms with Crippen LogP contribution in [0.5, 0.6) is 0 Å². The van der Waals surface area contributed by atoms with E-state index < -0.39 is 17.7 Å². The number of carbonyl (C=O) groups excluding carboxylic acids is 4. The second-order valence-corrected chi connectivity index (χ2v) is 8.36. The van der Waals surface area contributed by atoms with Crippen molar-refractivity contribution in [3.05, 3.63) is 17.0 Å². The number of amides is 4. The van der Waals surface area contributed by atoms with Crippen LogP contribution in [0.15, 0.2) is 0 Å². The molecule has 1 aromatic heterocycles. The molecular weight excluding hydrogens is 434 g/mol. The molecule has 13 nitrogen and oxygen atoms in total. The topological polar surface area (TPSA) is 175 Å². The van der Waals surface area contributed by atoms with Gasteiger partial charge in [0.15, 0.2) is 5.69 Å². The molecule has 3 aliphatic heterocycles. The molecule has 5 N–H and O–H groups in total. The van der Waals surface area contributed by atoms with Gasteiger partial charge in [0.05, 0.1) is 19.2 Å². The van der Waals surface area contributed by atoms with E-state index >= 15 is 0 Å². The number of hydrogen-bond donors (Lipinski definition) is 3. The average molecular weight is 463 g/mol. The molecule has 13 heteroatoms. The Hall–Kier alpha value is -3.03. The fourth-order valence-electron chi connectivity index (χ4n) is 4.57. The minimum atomic E-state index is -0.908. The van der Waals surface area contributed by atoms with Crippen molar-refractivity contribution in [3.63, 3.8) is 0 Å². The third kappa shape index (κ3) is 4.84. The Labute approximate surface area is 190 Å². The number of hydrogen-bond acceptors (Lipinski definition) is 8. The highest BCUT2D eigenvalue weighted by molar-refractivity contribution is 6.12. The summed E-state index contributed by atoms with van der Waals surface area (Å²) in [6, 6.07) is -0.437. The minimum Gasteiger partial charge on any atom is -0.381 e. The summed E-state index contributed by atoms with van der Waals surface area (Å²) in [4.78, 5) is 49.6. The van der Waals surface area contributed by atoms with Crippen LogP contribution in [-0.2, 0) is 14.3 Å². The van der Waals surface area contributed by atoms with Gasteiger partial charge in [0.25, 0.3) is 23.6 Å². The van der Waals surface area contributed by atoms with Gasteiger partial charge in [-0.15, -0.1) is 0 Å². The lowest BCUT2D eigenvalue weighted by Gasteiger charge is -2.41. The summed E-state index contributed by atoms with van der Waals surface area (Å²) < 4.78 is 11.9. The molecule has 0 aliphatic carbocycles. The van der Waals surface area contributed by atoms with Gasteiger partial charge < -0.3 is 26.3 Å². The van der Waals surface area contributed by atoms with Crippen LogP contribution in [0.25, 0.3) is 0 Å². The maximum absolute atomic E-state index is 13.2.